The molecule has 0 spiro atoms. The Morgan fingerprint density at radius 3 is 2.61 bits per heavy atom. The van der Waals surface area contributed by atoms with Gasteiger partial charge in [0.1, 0.15) is 5.66 Å². The zero-order valence-corrected chi connectivity index (χ0v) is 21.8. The number of nitrogens with two attached hydrogens (primary N) is 3. The first-order valence-corrected chi connectivity index (χ1v) is 12.6. The highest BCUT2D eigenvalue weighted by molar-refractivity contribution is 5.67. The Morgan fingerprint density at radius 2 is 2.00 bits per heavy atom. The number of nitrogens with one attached hydrogen (secondary N) is 1. The van der Waals surface area contributed by atoms with Crippen molar-refractivity contribution in [2.24, 2.45) is 23.1 Å². The molecule has 5 rings (SSSR count). The van der Waals surface area contributed by atoms with Crippen LogP contribution in [-0.4, -0.2) is 49.3 Å². The largest absolute Gasteiger partial charge is 0.468 e. The molecule has 2 aliphatic rings. The summed E-state index contributed by atoms with van der Waals surface area (Å²) in [4.78, 5) is 4.60. The van der Waals surface area contributed by atoms with Gasteiger partial charge in [0, 0.05) is 18.1 Å². The Morgan fingerprint density at radius 1 is 1.26 bits per heavy atom. The zero-order chi connectivity index (χ0) is 27.7. The molecule has 0 aromatic carbocycles. The zero-order valence-electron chi connectivity index (χ0n) is 21.8. The second kappa shape index (κ2) is 8.68. The standard InChI is InChI=1S/C25H33F3N8O2/c1-5-22(29)18-8-6-15(17-10-14(4)35-38-17)11-23(18,30)25(22,31)33-21-32-20-16(13(2)3)7-9-19(36(20)34-21)37-12-24(26,27)28/h6-7,9-10,13,18H,5,8,11-12,29-31H2,1-4H3,(H,33,34)/t18?,22-,23-,25+/m0/s1. The van der Waals surface area contributed by atoms with E-state index < -0.39 is 29.5 Å². The van der Waals surface area contributed by atoms with Crippen LogP contribution in [0.4, 0.5) is 19.1 Å². The van der Waals surface area contributed by atoms with Crippen molar-refractivity contribution in [3.8, 4) is 5.88 Å². The number of fused-ring (bicyclic) bond motifs is 2. The number of anilines is 1. The number of aromatic nitrogens is 4. The van der Waals surface area contributed by atoms with Gasteiger partial charge in [0.05, 0.1) is 16.8 Å². The van der Waals surface area contributed by atoms with Crippen LogP contribution in [0.2, 0.25) is 0 Å². The summed E-state index contributed by atoms with van der Waals surface area (Å²) < 4.78 is 50.4. The van der Waals surface area contributed by atoms with Crippen molar-refractivity contribution in [1.29, 1.82) is 0 Å². The molecule has 0 saturated heterocycles. The van der Waals surface area contributed by atoms with Crippen LogP contribution in [0, 0.1) is 12.8 Å². The normalized spacial score (nSPS) is 29.2. The van der Waals surface area contributed by atoms with Crippen LogP contribution >= 0.6 is 0 Å². The fraction of sp³-hybridized carbons (Fsp3) is 0.560. The summed E-state index contributed by atoms with van der Waals surface area (Å²) in [6.45, 7) is 6.22. The number of pyridine rings is 1. The monoisotopic (exact) mass is 534 g/mol. The number of alkyl halides is 3. The molecule has 3 aromatic heterocycles. The molecule has 2 aliphatic carbocycles. The van der Waals surface area contributed by atoms with Crippen molar-refractivity contribution in [2.45, 2.75) is 75.8 Å². The van der Waals surface area contributed by atoms with E-state index in [1.54, 1.807) is 6.07 Å². The van der Waals surface area contributed by atoms with Crippen LogP contribution in [0.1, 0.15) is 63.0 Å². The van der Waals surface area contributed by atoms with E-state index in [0.29, 0.717) is 30.7 Å². The van der Waals surface area contributed by atoms with Crippen molar-refractivity contribution >= 4 is 17.2 Å². The fourth-order valence-corrected chi connectivity index (χ4v) is 6.06. The fourth-order valence-electron chi connectivity index (χ4n) is 6.06. The number of allylic oxidation sites excluding steroid dienone is 1. The molecule has 13 heteroatoms. The average molecular weight is 535 g/mol. The molecule has 38 heavy (non-hydrogen) atoms. The van der Waals surface area contributed by atoms with Crippen LogP contribution in [0.3, 0.4) is 0 Å². The van der Waals surface area contributed by atoms with Crippen molar-refractivity contribution in [3.63, 3.8) is 0 Å². The highest BCUT2D eigenvalue weighted by Crippen LogP contribution is 2.59. The summed E-state index contributed by atoms with van der Waals surface area (Å²) in [5.74, 6) is 0.501. The van der Waals surface area contributed by atoms with Gasteiger partial charge in [-0.05, 0) is 49.3 Å². The maximum absolute atomic E-state index is 12.9. The lowest BCUT2D eigenvalue weighted by molar-refractivity contribution is -0.154. The van der Waals surface area contributed by atoms with Gasteiger partial charge in [-0.25, -0.2) is 0 Å². The highest BCUT2D eigenvalue weighted by atomic mass is 19.4. The van der Waals surface area contributed by atoms with Gasteiger partial charge >= 0.3 is 6.18 Å². The third-order valence-corrected chi connectivity index (χ3v) is 8.12. The molecule has 4 atom stereocenters. The molecule has 0 amide bonds. The first kappa shape index (κ1) is 26.4. The SMILES string of the molecule is CC[C@]1(N)C2CC=C(c3cc(C)no3)C[C@@]2(N)[C@]1(N)Nc1nc2c(C(C)C)ccc(OCC(F)(F)F)n2n1. The lowest BCUT2D eigenvalue weighted by Gasteiger charge is -2.72. The van der Waals surface area contributed by atoms with E-state index in [4.69, 9.17) is 26.5 Å². The number of halogens is 3. The van der Waals surface area contributed by atoms with Crippen molar-refractivity contribution in [3.05, 3.63) is 41.3 Å². The van der Waals surface area contributed by atoms with E-state index in [-0.39, 0.29) is 23.7 Å². The quantitative estimate of drug-likeness (QED) is 0.333. The minimum Gasteiger partial charge on any atom is -0.468 e. The number of nitrogens with zero attached hydrogens (tertiary/aromatic N) is 4. The average Bonchev–Trinajstić information content (AvgIpc) is 3.47. The van der Waals surface area contributed by atoms with Gasteiger partial charge in [-0.15, -0.1) is 5.10 Å². The molecular weight excluding hydrogens is 501 g/mol. The predicted octanol–water partition coefficient (Wildman–Crippen LogP) is 3.47. The lowest BCUT2D eigenvalue weighted by Crippen LogP contribution is -2.97. The minimum atomic E-state index is -4.51. The topological polar surface area (TPSA) is 156 Å². The van der Waals surface area contributed by atoms with E-state index in [1.807, 2.05) is 33.8 Å². The smallest absolute Gasteiger partial charge is 0.422 e. The minimum absolute atomic E-state index is 0.0210. The van der Waals surface area contributed by atoms with E-state index >= 15 is 0 Å². The number of hydrogen-bond acceptors (Lipinski definition) is 9. The van der Waals surface area contributed by atoms with Gasteiger partial charge in [-0.1, -0.05) is 32.0 Å². The maximum Gasteiger partial charge on any atom is 0.422 e. The summed E-state index contributed by atoms with van der Waals surface area (Å²) in [5, 5.41) is 11.6. The molecule has 206 valence electrons. The van der Waals surface area contributed by atoms with E-state index in [1.165, 1.54) is 10.6 Å². The van der Waals surface area contributed by atoms with E-state index in [2.05, 4.69) is 26.6 Å². The molecule has 0 aliphatic heterocycles. The molecule has 3 aromatic rings. The second-order valence-electron chi connectivity index (χ2n) is 10.8. The molecule has 0 radical (unpaired) electrons. The maximum atomic E-state index is 12.9. The van der Waals surface area contributed by atoms with Crippen molar-refractivity contribution < 1.29 is 22.4 Å². The van der Waals surface area contributed by atoms with Crippen LogP contribution in [0.5, 0.6) is 5.88 Å². The number of rotatable bonds is 7. The van der Waals surface area contributed by atoms with Gasteiger partial charge < -0.3 is 31.8 Å². The molecular formula is C25H33F3N8O2. The van der Waals surface area contributed by atoms with Crippen molar-refractivity contribution in [1.82, 2.24) is 19.8 Å². The van der Waals surface area contributed by atoms with Gasteiger partial charge in [-0.2, -0.15) is 22.7 Å². The van der Waals surface area contributed by atoms with Gasteiger partial charge in [-0.3, -0.25) is 0 Å². The summed E-state index contributed by atoms with van der Waals surface area (Å²) in [6.07, 6.45) is -0.945. The molecule has 3 heterocycles. The Balaban J connectivity index is 1.53. The third-order valence-electron chi connectivity index (χ3n) is 8.12. The number of aryl methyl sites for hydroxylation is 1. The highest BCUT2D eigenvalue weighted by Gasteiger charge is 2.76. The van der Waals surface area contributed by atoms with Crippen LogP contribution in [0.25, 0.3) is 11.2 Å². The molecule has 10 nitrogen and oxygen atoms in total. The van der Waals surface area contributed by atoms with Gasteiger partial charge in [0.2, 0.25) is 11.8 Å². The number of hydrogen-bond donors (Lipinski definition) is 4. The summed E-state index contributed by atoms with van der Waals surface area (Å²) >= 11 is 0. The van der Waals surface area contributed by atoms with Crippen LogP contribution < -0.4 is 27.3 Å². The van der Waals surface area contributed by atoms with Crippen LogP contribution in [0.15, 0.2) is 28.8 Å². The molecule has 7 N–H and O–H groups in total. The van der Waals surface area contributed by atoms with Gasteiger partial charge in [0.15, 0.2) is 18.0 Å². The van der Waals surface area contributed by atoms with Crippen molar-refractivity contribution in [2.75, 3.05) is 11.9 Å². The molecule has 1 unspecified atom stereocenters. The summed E-state index contributed by atoms with van der Waals surface area (Å²) in [5.41, 5.74) is 20.5. The summed E-state index contributed by atoms with van der Waals surface area (Å²) in [7, 11) is 0. The Kier molecular flexibility index (Phi) is 6.04. The Bertz CT molecular complexity index is 1400. The van der Waals surface area contributed by atoms with E-state index in [0.717, 1.165) is 16.8 Å². The third kappa shape index (κ3) is 3.86. The lowest BCUT2D eigenvalue weighted by atomic mass is 9.42. The second-order valence-corrected chi connectivity index (χ2v) is 10.8. The van der Waals surface area contributed by atoms with Crippen LogP contribution in [-0.2, 0) is 0 Å². The van der Waals surface area contributed by atoms with E-state index in [9.17, 15) is 13.2 Å². The Hall–Kier alpha value is -3.16. The number of ether oxygens (including phenoxy) is 1. The van der Waals surface area contributed by atoms with Gasteiger partial charge in [0.25, 0.3) is 0 Å². The first-order valence-electron chi connectivity index (χ1n) is 12.6. The predicted molar refractivity (Wildman–Crippen MR) is 135 cm³/mol. The first-order chi connectivity index (χ1) is 17.7. The molecule has 1 fully saturated rings. The molecule has 0 bridgehead atoms. The summed E-state index contributed by atoms with van der Waals surface area (Å²) in [6, 6.07) is 4.98. The Labute approximate surface area is 217 Å². The molecule has 1 saturated carbocycles.